The number of hydrogen-bond donors (Lipinski definition) is 1. The molecule has 7 heteroatoms. The predicted octanol–water partition coefficient (Wildman–Crippen LogP) is 1.95. The molecule has 21 heavy (non-hydrogen) atoms. The molecule has 1 aromatic carbocycles. The Morgan fingerprint density at radius 1 is 1.43 bits per heavy atom. The Bertz CT molecular complexity index is 570. The standard InChI is InChI=1S/C14H18N2O5/c1-4-10-5-6-11(7-12(10)16(20)21)13(17)15(3)8-9(2)14(18)19/h5-7,9H,4,8H2,1-3H3,(H,18,19). The van der Waals surface area contributed by atoms with Crippen molar-refractivity contribution in [3.8, 4) is 0 Å². The fourth-order valence-corrected chi connectivity index (χ4v) is 1.96. The van der Waals surface area contributed by atoms with Gasteiger partial charge >= 0.3 is 5.97 Å². The van der Waals surface area contributed by atoms with Gasteiger partial charge in [-0.3, -0.25) is 19.7 Å². The van der Waals surface area contributed by atoms with E-state index in [0.29, 0.717) is 12.0 Å². The highest BCUT2D eigenvalue weighted by atomic mass is 16.6. The summed E-state index contributed by atoms with van der Waals surface area (Å²) in [5, 5.41) is 19.8. The largest absolute Gasteiger partial charge is 0.481 e. The van der Waals surface area contributed by atoms with Crippen LogP contribution in [0.1, 0.15) is 29.8 Å². The maximum atomic E-state index is 12.2. The van der Waals surface area contributed by atoms with Crippen LogP contribution < -0.4 is 0 Å². The van der Waals surface area contributed by atoms with Gasteiger partial charge in [0.05, 0.1) is 10.8 Å². The van der Waals surface area contributed by atoms with Crippen molar-refractivity contribution >= 4 is 17.6 Å². The molecule has 0 aliphatic rings. The fourth-order valence-electron chi connectivity index (χ4n) is 1.96. The molecule has 0 saturated carbocycles. The van der Waals surface area contributed by atoms with E-state index in [-0.39, 0.29) is 17.8 Å². The molecule has 0 aliphatic carbocycles. The maximum Gasteiger partial charge on any atom is 0.308 e. The van der Waals surface area contributed by atoms with E-state index in [2.05, 4.69) is 0 Å². The monoisotopic (exact) mass is 294 g/mol. The van der Waals surface area contributed by atoms with Crippen LogP contribution in [0.4, 0.5) is 5.69 Å². The highest BCUT2D eigenvalue weighted by Gasteiger charge is 2.21. The summed E-state index contributed by atoms with van der Waals surface area (Å²) in [5.41, 5.74) is 0.639. The van der Waals surface area contributed by atoms with Gasteiger partial charge in [0.25, 0.3) is 11.6 Å². The molecule has 1 N–H and O–H groups in total. The van der Waals surface area contributed by atoms with Gasteiger partial charge < -0.3 is 10.0 Å². The van der Waals surface area contributed by atoms with Crippen molar-refractivity contribution in [1.29, 1.82) is 0 Å². The lowest BCUT2D eigenvalue weighted by atomic mass is 10.1. The molecule has 7 nitrogen and oxygen atoms in total. The molecule has 0 aromatic heterocycles. The minimum absolute atomic E-state index is 0.0392. The van der Waals surface area contributed by atoms with E-state index >= 15 is 0 Å². The maximum absolute atomic E-state index is 12.2. The van der Waals surface area contributed by atoms with Crippen LogP contribution >= 0.6 is 0 Å². The number of amides is 1. The normalized spacial score (nSPS) is 11.8. The van der Waals surface area contributed by atoms with Crippen molar-refractivity contribution < 1.29 is 19.6 Å². The molecule has 0 bridgehead atoms. The number of carbonyl (C=O) groups is 2. The number of aryl methyl sites for hydroxylation is 1. The van der Waals surface area contributed by atoms with Crippen molar-refractivity contribution in [3.05, 3.63) is 39.4 Å². The van der Waals surface area contributed by atoms with Gasteiger partial charge in [-0.15, -0.1) is 0 Å². The number of benzene rings is 1. The van der Waals surface area contributed by atoms with E-state index < -0.39 is 22.7 Å². The van der Waals surface area contributed by atoms with E-state index in [9.17, 15) is 19.7 Å². The van der Waals surface area contributed by atoms with E-state index in [0.717, 1.165) is 0 Å². The smallest absolute Gasteiger partial charge is 0.308 e. The highest BCUT2D eigenvalue weighted by Crippen LogP contribution is 2.21. The van der Waals surface area contributed by atoms with Crippen LogP contribution in [0.3, 0.4) is 0 Å². The number of nitro groups is 1. The zero-order valence-corrected chi connectivity index (χ0v) is 12.2. The number of carboxylic acid groups (broad SMARTS) is 1. The van der Waals surface area contributed by atoms with Crippen LogP contribution in [-0.2, 0) is 11.2 Å². The Hall–Kier alpha value is -2.44. The van der Waals surface area contributed by atoms with E-state index in [1.807, 2.05) is 0 Å². The minimum Gasteiger partial charge on any atom is -0.481 e. The average Bonchev–Trinajstić information content (AvgIpc) is 2.45. The average molecular weight is 294 g/mol. The fraction of sp³-hybridized carbons (Fsp3) is 0.429. The van der Waals surface area contributed by atoms with Crippen molar-refractivity contribution in [3.63, 3.8) is 0 Å². The van der Waals surface area contributed by atoms with Gasteiger partial charge in [0.2, 0.25) is 0 Å². The molecular formula is C14H18N2O5. The van der Waals surface area contributed by atoms with Crippen LogP contribution in [0.15, 0.2) is 18.2 Å². The molecule has 1 aromatic rings. The number of rotatable bonds is 6. The zero-order valence-electron chi connectivity index (χ0n) is 12.2. The second kappa shape index (κ2) is 6.83. The number of aliphatic carboxylic acids is 1. The third kappa shape index (κ3) is 4.01. The summed E-state index contributed by atoms with van der Waals surface area (Å²) < 4.78 is 0. The molecule has 1 atom stereocenters. The Balaban J connectivity index is 3.00. The first-order valence-corrected chi connectivity index (χ1v) is 6.53. The van der Waals surface area contributed by atoms with Crippen LogP contribution in [0.25, 0.3) is 0 Å². The topological polar surface area (TPSA) is 101 Å². The minimum atomic E-state index is -0.998. The molecule has 1 unspecified atom stereocenters. The Morgan fingerprint density at radius 3 is 2.52 bits per heavy atom. The van der Waals surface area contributed by atoms with Crippen molar-refractivity contribution in [2.75, 3.05) is 13.6 Å². The van der Waals surface area contributed by atoms with Gasteiger partial charge in [0, 0.05) is 30.8 Å². The van der Waals surface area contributed by atoms with Crippen LogP contribution in [0, 0.1) is 16.0 Å². The Morgan fingerprint density at radius 2 is 2.05 bits per heavy atom. The SMILES string of the molecule is CCc1ccc(C(=O)N(C)CC(C)C(=O)O)cc1[N+](=O)[O-]. The predicted molar refractivity (Wildman–Crippen MR) is 76.2 cm³/mol. The first-order chi connectivity index (χ1) is 9.77. The van der Waals surface area contributed by atoms with Crippen molar-refractivity contribution in [2.24, 2.45) is 5.92 Å². The second-order valence-electron chi connectivity index (χ2n) is 4.88. The van der Waals surface area contributed by atoms with Gasteiger partial charge in [-0.05, 0) is 12.5 Å². The molecule has 1 amide bonds. The summed E-state index contributed by atoms with van der Waals surface area (Å²) in [6.07, 6.45) is 0.497. The van der Waals surface area contributed by atoms with Crippen molar-refractivity contribution in [1.82, 2.24) is 4.90 Å². The Kier molecular flexibility index (Phi) is 5.40. The van der Waals surface area contributed by atoms with E-state index in [1.165, 1.54) is 31.0 Å². The van der Waals surface area contributed by atoms with Gasteiger partial charge in [0.15, 0.2) is 0 Å². The summed E-state index contributed by atoms with van der Waals surface area (Å²) in [4.78, 5) is 34.7. The highest BCUT2D eigenvalue weighted by molar-refractivity contribution is 5.95. The van der Waals surface area contributed by atoms with Gasteiger partial charge in [-0.2, -0.15) is 0 Å². The second-order valence-corrected chi connectivity index (χ2v) is 4.88. The number of nitrogens with zero attached hydrogens (tertiary/aromatic N) is 2. The third-order valence-corrected chi connectivity index (χ3v) is 3.23. The first-order valence-electron chi connectivity index (χ1n) is 6.53. The van der Waals surface area contributed by atoms with Gasteiger partial charge in [-0.1, -0.05) is 19.9 Å². The summed E-state index contributed by atoms with van der Waals surface area (Å²) in [6.45, 7) is 3.33. The van der Waals surface area contributed by atoms with Crippen molar-refractivity contribution in [2.45, 2.75) is 20.3 Å². The van der Waals surface area contributed by atoms with Gasteiger partial charge in [0.1, 0.15) is 0 Å². The molecule has 0 fully saturated rings. The quantitative estimate of drug-likeness (QED) is 0.638. The molecule has 0 spiro atoms. The summed E-state index contributed by atoms with van der Waals surface area (Å²) in [7, 11) is 1.47. The number of carboxylic acids is 1. The summed E-state index contributed by atoms with van der Waals surface area (Å²) in [5.74, 6) is -2.14. The number of carbonyl (C=O) groups excluding carboxylic acids is 1. The van der Waals surface area contributed by atoms with Crippen LogP contribution in [0.2, 0.25) is 0 Å². The molecule has 114 valence electrons. The number of hydrogen-bond acceptors (Lipinski definition) is 4. The lowest BCUT2D eigenvalue weighted by Crippen LogP contribution is -2.33. The molecule has 0 aliphatic heterocycles. The molecule has 0 heterocycles. The Labute approximate surface area is 122 Å². The van der Waals surface area contributed by atoms with E-state index in [1.54, 1.807) is 13.0 Å². The summed E-state index contributed by atoms with van der Waals surface area (Å²) >= 11 is 0. The molecule has 0 radical (unpaired) electrons. The molecule has 1 rings (SSSR count). The number of nitro benzene ring substituents is 1. The van der Waals surface area contributed by atoms with Crippen LogP contribution in [0.5, 0.6) is 0 Å². The van der Waals surface area contributed by atoms with Gasteiger partial charge in [-0.25, -0.2) is 0 Å². The van der Waals surface area contributed by atoms with E-state index in [4.69, 9.17) is 5.11 Å². The summed E-state index contributed by atoms with van der Waals surface area (Å²) in [6, 6.07) is 4.32. The van der Waals surface area contributed by atoms with Crippen LogP contribution in [-0.4, -0.2) is 40.4 Å². The molecule has 0 saturated heterocycles. The lowest BCUT2D eigenvalue weighted by molar-refractivity contribution is -0.385. The third-order valence-electron chi connectivity index (χ3n) is 3.23. The zero-order chi connectivity index (χ0) is 16.2. The lowest BCUT2D eigenvalue weighted by Gasteiger charge is -2.19. The molecular weight excluding hydrogens is 276 g/mol. The first kappa shape index (κ1) is 16.6.